The van der Waals surface area contributed by atoms with Crippen LogP contribution < -0.4 is 5.56 Å². The van der Waals surface area contributed by atoms with Gasteiger partial charge in [-0.25, -0.2) is 4.98 Å². The number of para-hydroxylation sites is 1. The van der Waals surface area contributed by atoms with E-state index in [1.165, 1.54) is 17.3 Å². The number of rotatable bonds is 6. The fourth-order valence-electron chi connectivity index (χ4n) is 3.25. The highest BCUT2D eigenvalue weighted by molar-refractivity contribution is 7.99. The minimum absolute atomic E-state index is 0.0448. The second kappa shape index (κ2) is 8.31. The largest absolute Gasteiger partial charge is 0.293 e. The van der Waals surface area contributed by atoms with Gasteiger partial charge in [0.15, 0.2) is 10.9 Å². The van der Waals surface area contributed by atoms with E-state index in [1.54, 1.807) is 10.6 Å². The number of aryl methyl sites for hydroxylation is 3. The van der Waals surface area contributed by atoms with E-state index in [1.807, 2.05) is 38.1 Å². The van der Waals surface area contributed by atoms with Gasteiger partial charge in [0.1, 0.15) is 0 Å². The Morgan fingerprint density at radius 1 is 1.07 bits per heavy atom. The van der Waals surface area contributed by atoms with Crippen molar-refractivity contribution in [2.24, 2.45) is 5.92 Å². The van der Waals surface area contributed by atoms with Crippen molar-refractivity contribution in [3.63, 3.8) is 0 Å². The minimum Gasteiger partial charge on any atom is -0.293 e. The molecule has 0 N–H and O–H groups in total. The molecule has 3 aromatic rings. The van der Waals surface area contributed by atoms with Gasteiger partial charge in [-0.2, -0.15) is 0 Å². The monoisotopic (exact) mass is 394 g/mol. The molecule has 0 atom stereocenters. The number of hydrogen-bond donors (Lipinski definition) is 0. The van der Waals surface area contributed by atoms with Gasteiger partial charge < -0.3 is 0 Å². The zero-order valence-electron chi connectivity index (χ0n) is 17.1. The molecule has 1 aromatic heterocycles. The maximum atomic E-state index is 13.0. The quantitative estimate of drug-likeness (QED) is 0.337. The zero-order chi connectivity index (χ0) is 20.4. The van der Waals surface area contributed by atoms with E-state index in [0.717, 1.165) is 16.7 Å². The van der Waals surface area contributed by atoms with Gasteiger partial charge in [0.2, 0.25) is 0 Å². The van der Waals surface area contributed by atoms with Crippen molar-refractivity contribution >= 4 is 28.4 Å². The molecular formula is C23H26N2O2S. The smallest absolute Gasteiger partial charge is 0.262 e. The maximum Gasteiger partial charge on any atom is 0.262 e. The first-order chi connectivity index (χ1) is 13.3. The molecule has 0 bridgehead atoms. The van der Waals surface area contributed by atoms with Gasteiger partial charge in [0, 0.05) is 12.1 Å². The molecule has 0 unspecified atom stereocenters. The first kappa shape index (κ1) is 20.3. The summed E-state index contributed by atoms with van der Waals surface area (Å²) in [7, 11) is 0. The predicted octanol–water partition coefficient (Wildman–Crippen LogP) is 4.95. The number of ketones is 1. The van der Waals surface area contributed by atoms with Gasteiger partial charge in [-0.05, 0) is 61.6 Å². The van der Waals surface area contributed by atoms with Crippen molar-refractivity contribution < 1.29 is 4.79 Å². The van der Waals surface area contributed by atoms with E-state index in [0.29, 0.717) is 28.5 Å². The molecule has 146 valence electrons. The Kier molecular flexibility index (Phi) is 6.04. The normalized spacial score (nSPS) is 11.4. The van der Waals surface area contributed by atoms with Crippen LogP contribution in [0.1, 0.15) is 40.9 Å². The lowest BCUT2D eigenvalue weighted by molar-refractivity contribution is 0.102. The molecule has 0 aliphatic rings. The van der Waals surface area contributed by atoms with Crippen molar-refractivity contribution in [1.82, 2.24) is 9.55 Å². The minimum atomic E-state index is -0.0448. The SMILES string of the molecule is Cc1cc(C)c(C(=O)CSc2nc3ccccc3c(=O)n2CC(C)C)cc1C. The summed E-state index contributed by atoms with van der Waals surface area (Å²) in [6.07, 6.45) is 0. The summed E-state index contributed by atoms with van der Waals surface area (Å²) in [5.74, 6) is 0.619. The fraction of sp³-hybridized carbons (Fsp3) is 0.348. The Hall–Kier alpha value is -2.40. The number of thioether (sulfide) groups is 1. The number of aromatic nitrogens is 2. The van der Waals surface area contributed by atoms with Crippen LogP contribution in [0, 0.1) is 26.7 Å². The Labute approximate surface area is 170 Å². The lowest BCUT2D eigenvalue weighted by atomic mass is 9.99. The standard InChI is InChI=1S/C23H26N2O2S/c1-14(2)12-25-22(27)18-8-6-7-9-20(18)24-23(25)28-13-21(26)19-11-16(4)15(3)10-17(19)5/h6-11,14H,12-13H2,1-5H3. The lowest BCUT2D eigenvalue weighted by Crippen LogP contribution is -2.25. The summed E-state index contributed by atoms with van der Waals surface area (Å²) in [5, 5.41) is 1.22. The topological polar surface area (TPSA) is 52.0 Å². The van der Waals surface area contributed by atoms with Crippen LogP contribution in [0.5, 0.6) is 0 Å². The molecule has 28 heavy (non-hydrogen) atoms. The molecule has 0 amide bonds. The molecular weight excluding hydrogens is 368 g/mol. The molecule has 0 radical (unpaired) electrons. The predicted molar refractivity (Wildman–Crippen MR) is 117 cm³/mol. The fourth-order valence-corrected chi connectivity index (χ4v) is 4.14. The second-order valence-corrected chi connectivity index (χ2v) is 8.63. The average molecular weight is 395 g/mol. The number of fused-ring (bicyclic) bond motifs is 1. The number of nitrogens with zero attached hydrogens (tertiary/aromatic N) is 2. The molecule has 4 nitrogen and oxygen atoms in total. The van der Waals surface area contributed by atoms with E-state index in [2.05, 4.69) is 31.8 Å². The van der Waals surface area contributed by atoms with E-state index in [4.69, 9.17) is 0 Å². The number of Topliss-reactive ketones (excluding diaryl/α,β-unsaturated/α-hetero) is 1. The van der Waals surface area contributed by atoms with Crippen LogP contribution in [0.15, 0.2) is 46.3 Å². The Bertz CT molecular complexity index is 1100. The Morgan fingerprint density at radius 3 is 2.46 bits per heavy atom. The number of carbonyl (C=O) groups is 1. The van der Waals surface area contributed by atoms with Crippen LogP contribution >= 0.6 is 11.8 Å². The van der Waals surface area contributed by atoms with Crippen LogP contribution in [-0.4, -0.2) is 21.1 Å². The first-order valence-corrected chi connectivity index (χ1v) is 10.5. The highest BCUT2D eigenvalue weighted by Crippen LogP contribution is 2.22. The highest BCUT2D eigenvalue weighted by Gasteiger charge is 2.16. The average Bonchev–Trinajstić information content (AvgIpc) is 2.65. The summed E-state index contributed by atoms with van der Waals surface area (Å²) in [4.78, 5) is 30.5. The van der Waals surface area contributed by atoms with Gasteiger partial charge in [-0.1, -0.05) is 43.8 Å². The third-order valence-electron chi connectivity index (χ3n) is 4.85. The van der Waals surface area contributed by atoms with E-state index >= 15 is 0 Å². The maximum absolute atomic E-state index is 13.0. The van der Waals surface area contributed by atoms with E-state index < -0.39 is 0 Å². The molecule has 0 spiro atoms. The molecule has 0 saturated heterocycles. The van der Waals surface area contributed by atoms with E-state index in [9.17, 15) is 9.59 Å². The summed E-state index contributed by atoms with van der Waals surface area (Å²) in [6, 6.07) is 11.4. The van der Waals surface area contributed by atoms with Crippen molar-refractivity contribution in [1.29, 1.82) is 0 Å². The molecule has 1 heterocycles. The van der Waals surface area contributed by atoms with E-state index in [-0.39, 0.29) is 17.1 Å². The van der Waals surface area contributed by atoms with Crippen molar-refractivity contribution in [3.05, 3.63) is 69.0 Å². The Morgan fingerprint density at radius 2 is 1.75 bits per heavy atom. The Balaban J connectivity index is 1.94. The molecule has 2 aromatic carbocycles. The van der Waals surface area contributed by atoms with Crippen LogP contribution in [-0.2, 0) is 6.54 Å². The molecule has 0 fully saturated rings. The number of carbonyl (C=O) groups excluding carboxylic acids is 1. The first-order valence-electron chi connectivity index (χ1n) is 9.51. The lowest BCUT2D eigenvalue weighted by Gasteiger charge is -2.15. The van der Waals surface area contributed by atoms with Crippen molar-refractivity contribution in [2.45, 2.75) is 46.3 Å². The van der Waals surface area contributed by atoms with Gasteiger partial charge in [0.05, 0.1) is 16.7 Å². The third kappa shape index (κ3) is 4.20. The van der Waals surface area contributed by atoms with Crippen molar-refractivity contribution in [2.75, 3.05) is 5.75 Å². The molecule has 0 aliphatic heterocycles. The highest BCUT2D eigenvalue weighted by atomic mass is 32.2. The van der Waals surface area contributed by atoms with Gasteiger partial charge >= 0.3 is 0 Å². The summed E-state index contributed by atoms with van der Waals surface area (Å²) in [5.41, 5.74) is 4.65. The number of hydrogen-bond acceptors (Lipinski definition) is 4. The molecule has 3 rings (SSSR count). The summed E-state index contributed by atoms with van der Waals surface area (Å²) in [6.45, 7) is 10.8. The number of benzene rings is 2. The molecule has 0 saturated carbocycles. The van der Waals surface area contributed by atoms with Gasteiger partial charge in [-0.3, -0.25) is 14.2 Å². The zero-order valence-corrected chi connectivity index (χ0v) is 17.9. The van der Waals surface area contributed by atoms with Crippen LogP contribution in [0.3, 0.4) is 0 Å². The van der Waals surface area contributed by atoms with Crippen molar-refractivity contribution in [3.8, 4) is 0 Å². The van der Waals surface area contributed by atoms with Gasteiger partial charge in [0.25, 0.3) is 5.56 Å². The summed E-state index contributed by atoms with van der Waals surface area (Å²) >= 11 is 1.34. The molecule has 0 aliphatic carbocycles. The summed E-state index contributed by atoms with van der Waals surface area (Å²) < 4.78 is 1.71. The van der Waals surface area contributed by atoms with Crippen LogP contribution in [0.25, 0.3) is 10.9 Å². The second-order valence-electron chi connectivity index (χ2n) is 7.68. The van der Waals surface area contributed by atoms with Gasteiger partial charge in [-0.15, -0.1) is 0 Å². The molecule has 5 heteroatoms. The third-order valence-corrected chi connectivity index (χ3v) is 5.82. The van der Waals surface area contributed by atoms with Crippen LogP contribution in [0.2, 0.25) is 0 Å². The van der Waals surface area contributed by atoms with Crippen LogP contribution in [0.4, 0.5) is 0 Å².